The molecule has 0 saturated heterocycles. The molecule has 3 N–H and O–H groups in total. The molecule has 0 saturated carbocycles. The molecule has 0 radical (unpaired) electrons. The van der Waals surface area contributed by atoms with Crippen molar-refractivity contribution in [1.29, 1.82) is 0 Å². The highest BCUT2D eigenvalue weighted by atomic mass is 79.9. The van der Waals surface area contributed by atoms with Gasteiger partial charge in [-0.25, -0.2) is 0 Å². The molecule has 0 amide bonds. The molecule has 0 aliphatic carbocycles. The molecular formula is C20H28BrCl3N2O3. The Bertz CT molecular complexity index is 706. The Hall–Kier alpha value is -0.730. The summed E-state index contributed by atoms with van der Waals surface area (Å²) in [5.74, 6) is 1.41. The second-order valence-electron chi connectivity index (χ2n) is 5.90. The van der Waals surface area contributed by atoms with Gasteiger partial charge >= 0.3 is 0 Å². The molecule has 0 unspecified atom stereocenters. The van der Waals surface area contributed by atoms with Gasteiger partial charge in [0.05, 0.1) is 17.7 Å². The van der Waals surface area contributed by atoms with E-state index >= 15 is 0 Å². The first-order valence-electron chi connectivity index (χ1n) is 8.98. The zero-order valence-corrected chi connectivity index (χ0v) is 20.2. The summed E-state index contributed by atoms with van der Waals surface area (Å²) < 4.78 is 12.6. The maximum Gasteiger partial charge on any atom is 0.175 e. The monoisotopic (exact) mass is 528 g/mol. The third kappa shape index (κ3) is 10.2. The first-order chi connectivity index (χ1) is 13.1. The smallest absolute Gasteiger partial charge is 0.175 e. The minimum atomic E-state index is 0. The molecule has 29 heavy (non-hydrogen) atoms. The van der Waals surface area contributed by atoms with Crippen LogP contribution in [0.5, 0.6) is 11.5 Å². The van der Waals surface area contributed by atoms with Gasteiger partial charge in [-0.15, -0.1) is 24.8 Å². The third-order valence-electron chi connectivity index (χ3n) is 3.76. The van der Waals surface area contributed by atoms with E-state index in [-0.39, 0.29) is 31.4 Å². The largest absolute Gasteiger partial charge is 0.490 e. The van der Waals surface area contributed by atoms with Crippen molar-refractivity contribution in [3.63, 3.8) is 0 Å². The molecule has 2 aromatic carbocycles. The van der Waals surface area contributed by atoms with E-state index in [0.29, 0.717) is 30.5 Å². The maximum absolute atomic E-state index is 8.75. The number of aliphatic hydroxyl groups is 1. The van der Waals surface area contributed by atoms with Gasteiger partial charge in [0.15, 0.2) is 11.5 Å². The summed E-state index contributed by atoms with van der Waals surface area (Å²) in [5, 5.41) is 16.0. The second kappa shape index (κ2) is 16.0. The summed E-state index contributed by atoms with van der Waals surface area (Å²) in [6.45, 7) is 6.06. The molecule has 0 aliphatic heterocycles. The Morgan fingerprint density at radius 2 is 1.66 bits per heavy atom. The fourth-order valence-electron chi connectivity index (χ4n) is 2.48. The van der Waals surface area contributed by atoms with Crippen LogP contribution in [0.4, 0.5) is 0 Å². The van der Waals surface area contributed by atoms with Crippen LogP contribution in [0.3, 0.4) is 0 Å². The van der Waals surface area contributed by atoms with Crippen molar-refractivity contribution in [2.75, 3.05) is 32.8 Å². The Morgan fingerprint density at radius 1 is 0.966 bits per heavy atom. The van der Waals surface area contributed by atoms with Crippen LogP contribution < -0.4 is 20.1 Å². The Kier molecular flexibility index (Phi) is 15.6. The molecule has 0 spiro atoms. The molecule has 0 heterocycles. The minimum absolute atomic E-state index is 0. The van der Waals surface area contributed by atoms with Crippen molar-refractivity contribution in [2.24, 2.45) is 0 Å². The van der Waals surface area contributed by atoms with E-state index in [9.17, 15) is 0 Å². The van der Waals surface area contributed by atoms with Crippen molar-refractivity contribution < 1.29 is 14.6 Å². The predicted molar refractivity (Wildman–Crippen MR) is 127 cm³/mol. The molecule has 2 rings (SSSR count). The third-order valence-corrected chi connectivity index (χ3v) is 4.60. The molecule has 0 fully saturated rings. The second-order valence-corrected chi connectivity index (χ2v) is 7.19. The van der Waals surface area contributed by atoms with Gasteiger partial charge in [-0.2, -0.15) is 0 Å². The van der Waals surface area contributed by atoms with Crippen molar-refractivity contribution in [1.82, 2.24) is 10.6 Å². The number of nitrogens with one attached hydrogen (secondary N) is 2. The quantitative estimate of drug-likeness (QED) is 0.350. The van der Waals surface area contributed by atoms with E-state index in [2.05, 4.69) is 26.6 Å². The molecule has 2 aromatic rings. The summed E-state index contributed by atoms with van der Waals surface area (Å²) in [5.41, 5.74) is 2.14. The fraction of sp³-hybridized carbons (Fsp3) is 0.400. The predicted octanol–water partition coefficient (Wildman–Crippen LogP) is 4.60. The zero-order chi connectivity index (χ0) is 19.5. The van der Waals surface area contributed by atoms with Crippen LogP contribution in [-0.2, 0) is 13.2 Å². The highest BCUT2D eigenvalue weighted by Gasteiger charge is 2.12. The molecule has 0 bridgehead atoms. The topological polar surface area (TPSA) is 62.8 Å². The van der Waals surface area contributed by atoms with E-state index in [1.54, 1.807) is 0 Å². The van der Waals surface area contributed by atoms with Crippen LogP contribution in [-0.4, -0.2) is 38.0 Å². The molecule has 0 aromatic heterocycles. The fourth-order valence-corrected chi connectivity index (χ4v) is 3.21. The van der Waals surface area contributed by atoms with Crippen molar-refractivity contribution in [3.8, 4) is 11.5 Å². The SMILES string of the molecule is CCOc1cc(CNCCNCCO)cc(Br)c1OCc1ccc(Cl)cc1.Cl.Cl. The number of aliphatic hydroxyl groups excluding tert-OH is 1. The normalized spacial score (nSPS) is 10.1. The Labute approximate surface area is 198 Å². The summed E-state index contributed by atoms with van der Waals surface area (Å²) in [4.78, 5) is 0. The van der Waals surface area contributed by atoms with Crippen molar-refractivity contribution in [3.05, 3.63) is 57.0 Å². The van der Waals surface area contributed by atoms with Gasteiger partial charge in [0, 0.05) is 31.2 Å². The minimum Gasteiger partial charge on any atom is -0.490 e. The maximum atomic E-state index is 8.75. The lowest BCUT2D eigenvalue weighted by molar-refractivity contribution is 0.267. The summed E-state index contributed by atoms with van der Waals surface area (Å²) in [6.07, 6.45) is 0. The van der Waals surface area contributed by atoms with Gasteiger partial charge in [-0.05, 0) is 58.2 Å². The van der Waals surface area contributed by atoms with Crippen LogP contribution in [0.25, 0.3) is 0 Å². The van der Waals surface area contributed by atoms with E-state index in [1.807, 2.05) is 43.3 Å². The molecule has 164 valence electrons. The van der Waals surface area contributed by atoms with Crippen LogP contribution in [0, 0.1) is 0 Å². The van der Waals surface area contributed by atoms with Gasteiger partial charge in [0.1, 0.15) is 6.61 Å². The average Bonchev–Trinajstić information content (AvgIpc) is 2.65. The number of ether oxygens (including phenoxy) is 2. The van der Waals surface area contributed by atoms with Crippen LogP contribution in [0.1, 0.15) is 18.1 Å². The van der Waals surface area contributed by atoms with Crippen molar-refractivity contribution in [2.45, 2.75) is 20.1 Å². The number of hydrogen-bond acceptors (Lipinski definition) is 5. The first kappa shape index (κ1) is 28.3. The number of rotatable bonds is 12. The summed E-state index contributed by atoms with van der Waals surface area (Å²) in [6, 6.07) is 11.6. The Balaban J connectivity index is 0.00000392. The number of halogens is 4. The van der Waals surface area contributed by atoms with E-state index in [1.165, 1.54) is 0 Å². The number of benzene rings is 2. The van der Waals surface area contributed by atoms with Gasteiger partial charge in [-0.1, -0.05) is 23.7 Å². The lowest BCUT2D eigenvalue weighted by Crippen LogP contribution is -2.28. The Morgan fingerprint density at radius 3 is 2.31 bits per heavy atom. The standard InChI is InChI=1S/C20H26BrClN2O3.2ClH/c1-2-26-19-12-16(13-24-8-7-23-9-10-25)11-18(21)20(19)27-14-15-3-5-17(22)6-4-15;;/h3-6,11-12,23-25H,2,7-10,13-14H2,1H3;2*1H. The van der Waals surface area contributed by atoms with Gasteiger partial charge in [-0.3, -0.25) is 0 Å². The van der Waals surface area contributed by atoms with E-state index < -0.39 is 0 Å². The first-order valence-corrected chi connectivity index (χ1v) is 10.2. The molecular weight excluding hydrogens is 502 g/mol. The highest BCUT2D eigenvalue weighted by Crippen LogP contribution is 2.37. The van der Waals surface area contributed by atoms with Gasteiger partial charge in [0.25, 0.3) is 0 Å². The van der Waals surface area contributed by atoms with Crippen LogP contribution in [0.2, 0.25) is 5.02 Å². The van der Waals surface area contributed by atoms with Crippen molar-refractivity contribution >= 4 is 52.3 Å². The van der Waals surface area contributed by atoms with E-state index in [4.69, 9.17) is 26.2 Å². The molecule has 0 atom stereocenters. The number of hydrogen-bond donors (Lipinski definition) is 3. The van der Waals surface area contributed by atoms with E-state index in [0.717, 1.165) is 41.0 Å². The average molecular weight is 531 g/mol. The lowest BCUT2D eigenvalue weighted by Gasteiger charge is -2.16. The molecule has 0 aliphatic rings. The van der Waals surface area contributed by atoms with Gasteiger partial charge in [0.2, 0.25) is 0 Å². The van der Waals surface area contributed by atoms with Gasteiger partial charge < -0.3 is 25.2 Å². The zero-order valence-electron chi connectivity index (χ0n) is 16.2. The summed E-state index contributed by atoms with van der Waals surface area (Å²) in [7, 11) is 0. The molecule has 5 nitrogen and oxygen atoms in total. The van der Waals surface area contributed by atoms with Crippen LogP contribution >= 0.6 is 52.3 Å². The van der Waals surface area contributed by atoms with Crippen LogP contribution in [0.15, 0.2) is 40.9 Å². The summed E-state index contributed by atoms with van der Waals surface area (Å²) >= 11 is 9.53. The lowest BCUT2D eigenvalue weighted by atomic mass is 10.2. The highest BCUT2D eigenvalue weighted by molar-refractivity contribution is 9.10. The molecule has 9 heteroatoms.